The normalized spacial score (nSPS) is 19.5. The minimum atomic E-state index is 0.614. The van der Waals surface area contributed by atoms with Gasteiger partial charge in [-0.25, -0.2) is 0 Å². The summed E-state index contributed by atoms with van der Waals surface area (Å²) in [7, 11) is 0. The molecule has 1 nitrogen and oxygen atoms in total. The third kappa shape index (κ3) is 3.67. The predicted octanol–water partition coefficient (Wildman–Crippen LogP) is 3.31. The zero-order valence-electron chi connectivity index (χ0n) is 9.67. The molecule has 0 aliphatic carbocycles. The van der Waals surface area contributed by atoms with Crippen LogP contribution in [0.1, 0.15) is 25.7 Å². The molecule has 0 bridgehead atoms. The minimum Gasteiger partial charge on any atom is -0.317 e. The predicted molar refractivity (Wildman–Crippen MR) is 67.9 cm³/mol. The molecule has 1 rings (SSSR count). The molecule has 84 valence electrons. The van der Waals surface area contributed by atoms with Crippen LogP contribution in [-0.4, -0.2) is 13.1 Å². The average Bonchev–Trinajstić information content (AvgIpc) is 2.27. The van der Waals surface area contributed by atoms with Crippen LogP contribution < -0.4 is 5.32 Å². The van der Waals surface area contributed by atoms with E-state index in [4.69, 9.17) is 0 Å². The smallest absolute Gasteiger partial charge is 0.00461 e. The van der Waals surface area contributed by atoms with Gasteiger partial charge in [0, 0.05) is 0 Å². The molecule has 1 atom stereocenters. The van der Waals surface area contributed by atoms with Gasteiger partial charge in [0.1, 0.15) is 0 Å². The van der Waals surface area contributed by atoms with Gasteiger partial charge in [0.05, 0.1) is 0 Å². The average molecular weight is 205 g/mol. The molecule has 15 heavy (non-hydrogen) atoms. The van der Waals surface area contributed by atoms with Gasteiger partial charge in [-0.1, -0.05) is 24.3 Å². The highest BCUT2D eigenvalue weighted by molar-refractivity contribution is 5.09. The molecule has 1 aliphatic rings. The van der Waals surface area contributed by atoms with Crippen LogP contribution in [0.2, 0.25) is 0 Å². The highest BCUT2D eigenvalue weighted by atomic mass is 14.9. The van der Waals surface area contributed by atoms with Crippen molar-refractivity contribution in [2.24, 2.45) is 11.8 Å². The second-order valence-corrected chi connectivity index (χ2v) is 4.37. The Morgan fingerprint density at radius 2 is 1.93 bits per heavy atom. The van der Waals surface area contributed by atoms with Crippen molar-refractivity contribution in [1.82, 2.24) is 5.32 Å². The van der Waals surface area contributed by atoms with E-state index in [1.54, 1.807) is 0 Å². The monoisotopic (exact) mass is 205 g/mol. The molecule has 1 heteroatoms. The van der Waals surface area contributed by atoms with Gasteiger partial charge in [0.2, 0.25) is 0 Å². The summed E-state index contributed by atoms with van der Waals surface area (Å²) in [6.07, 6.45) is 8.55. The number of piperidine rings is 1. The molecule has 0 saturated carbocycles. The van der Waals surface area contributed by atoms with E-state index in [9.17, 15) is 0 Å². The van der Waals surface area contributed by atoms with Crippen molar-refractivity contribution in [2.75, 3.05) is 13.1 Å². The number of nitrogens with one attached hydrogen (secondary N) is 1. The molecule has 1 saturated heterocycles. The summed E-state index contributed by atoms with van der Waals surface area (Å²) < 4.78 is 0. The van der Waals surface area contributed by atoms with E-state index in [1.807, 2.05) is 12.2 Å². The van der Waals surface area contributed by atoms with E-state index in [0.29, 0.717) is 5.92 Å². The first-order valence-electron chi connectivity index (χ1n) is 5.89. The fourth-order valence-electron chi connectivity index (χ4n) is 2.46. The maximum Gasteiger partial charge on any atom is -0.00461 e. The largest absolute Gasteiger partial charge is 0.317 e. The van der Waals surface area contributed by atoms with Crippen LogP contribution in [0.3, 0.4) is 0 Å². The molecule has 1 N–H and O–H groups in total. The molecule has 0 radical (unpaired) electrons. The third-order valence-electron chi connectivity index (χ3n) is 3.30. The van der Waals surface area contributed by atoms with Gasteiger partial charge in [-0.15, -0.1) is 13.2 Å². The Kier molecular flexibility index (Phi) is 5.41. The van der Waals surface area contributed by atoms with Gasteiger partial charge < -0.3 is 5.32 Å². The topological polar surface area (TPSA) is 12.0 Å². The van der Waals surface area contributed by atoms with Crippen molar-refractivity contribution in [3.8, 4) is 0 Å². The summed E-state index contributed by atoms with van der Waals surface area (Å²) in [4.78, 5) is 0. The SMILES string of the molecule is C=CCC(=C)C(CC=C)C1CCNCC1. The molecule has 1 aliphatic heterocycles. The van der Waals surface area contributed by atoms with Crippen LogP contribution in [0.5, 0.6) is 0 Å². The zero-order valence-corrected chi connectivity index (χ0v) is 9.67. The van der Waals surface area contributed by atoms with Gasteiger partial charge >= 0.3 is 0 Å². The van der Waals surface area contributed by atoms with E-state index in [0.717, 1.165) is 31.8 Å². The summed E-state index contributed by atoms with van der Waals surface area (Å²) in [5.41, 5.74) is 1.33. The second-order valence-electron chi connectivity index (χ2n) is 4.37. The lowest BCUT2D eigenvalue weighted by Gasteiger charge is -2.31. The van der Waals surface area contributed by atoms with Crippen LogP contribution in [-0.2, 0) is 0 Å². The number of hydrogen-bond donors (Lipinski definition) is 1. The quantitative estimate of drug-likeness (QED) is 0.656. The first-order chi connectivity index (χ1) is 7.29. The Bertz CT molecular complexity index is 223. The van der Waals surface area contributed by atoms with E-state index < -0.39 is 0 Å². The van der Waals surface area contributed by atoms with E-state index >= 15 is 0 Å². The van der Waals surface area contributed by atoms with Crippen LogP contribution in [0, 0.1) is 11.8 Å². The second kappa shape index (κ2) is 6.62. The Morgan fingerprint density at radius 1 is 1.27 bits per heavy atom. The lowest BCUT2D eigenvalue weighted by molar-refractivity contribution is 0.288. The number of hydrogen-bond acceptors (Lipinski definition) is 1. The summed E-state index contributed by atoms with van der Waals surface area (Å²) in [6, 6.07) is 0. The van der Waals surface area contributed by atoms with Crippen molar-refractivity contribution in [2.45, 2.75) is 25.7 Å². The van der Waals surface area contributed by atoms with Gasteiger partial charge in [-0.3, -0.25) is 0 Å². The first kappa shape index (κ1) is 12.3. The zero-order chi connectivity index (χ0) is 11.1. The molecule has 1 fully saturated rings. The number of rotatable bonds is 6. The Hall–Kier alpha value is -0.820. The lowest BCUT2D eigenvalue weighted by Crippen LogP contribution is -2.32. The third-order valence-corrected chi connectivity index (χ3v) is 3.30. The van der Waals surface area contributed by atoms with Crippen LogP contribution >= 0.6 is 0 Å². The number of allylic oxidation sites excluding steroid dienone is 3. The maximum atomic E-state index is 4.20. The minimum absolute atomic E-state index is 0.614. The Balaban J connectivity index is 2.57. The van der Waals surface area contributed by atoms with Gasteiger partial charge in [-0.05, 0) is 50.6 Å². The van der Waals surface area contributed by atoms with Crippen LogP contribution in [0.4, 0.5) is 0 Å². The lowest BCUT2D eigenvalue weighted by atomic mass is 9.78. The fourth-order valence-corrected chi connectivity index (χ4v) is 2.46. The molecular formula is C14H23N. The molecule has 0 spiro atoms. The molecule has 1 heterocycles. The van der Waals surface area contributed by atoms with E-state index in [1.165, 1.54) is 18.4 Å². The highest BCUT2D eigenvalue weighted by Crippen LogP contribution is 2.31. The van der Waals surface area contributed by atoms with Crippen molar-refractivity contribution in [3.05, 3.63) is 37.5 Å². The van der Waals surface area contributed by atoms with E-state index in [-0.39, 0.29) is 0 Å². The molecule has 0 aromatic carbocycles. The summed E-state index contributed by atoms with van der Waals surface area (Å²) >= 11 is 0. The van der Waals surface area contributed by atoms with Crippen molar-refractivity contribution in [3.63, 3.8) is 0 Å². The summed E-state index contributed by atoms with van der Waals surface area (Å²) in [5, 5.41) is 3.41. The van der Waals surface area contributed by atoms with Crippen molar-refractivity contribution in [1.29, 1.82) is 0 Å². The highest BCUT2D eigenvalue weighted by Gasteiger charge is 2.23. The van der Waals surface area contributed by atoms with Crippen LogP contribution in [0.15, 0.2) is 37.5 Å². The van der Waals surface area contributed by atoms with Gasteiger partial charge in [0.15, 0.2) is 0 Å². The van der Waals surface area contributed by atoms with Gasteiger partial charge in [0.25, 0.3) is 0 Å². The molecule has 0 aromatic heterocycles. The molecule has 1 unspecified atom stereocenters. The molecule has 0 aromatic rings. The first-order valence-corrected chi connectivity index (χ1v) is 5.89. The van der Waals surface area contributed by atoms with Crippen LogP contribution in [0.25, 0.3) is 0 Å². The Labute approximate surface area is 94.0 Å². The standard InChI is InChI=1S/C14H23N/c1-4-6-12(3)14(7-5-2)13-8-10-15-11-9-13/h4-5,13-15H,1-3,6-11H2. The van der Waals surface area contributed by atoms with E-state index in [2.05, 4.69) is 25.1 Å². The van der Waals surface area contributed by atoms with Crippen molar-refractivity contribution < 1.29 is 0 Å². The van der Waals surface area contributed by atoms with Gasteiger partial charge in [-0.2, -0.15) is 0 Å². The summed E-state index contributed by atoms with van der Waals surface area (Å²) in [6.45, 7) is 14.1. The Morgan fingerprint density at radius 3 is 2.47 bits per heavy atom. The summed E-state index contributed by atoms with van der Waals surface area (Å²) in [5.74, 6) is 1.40. The molecular weight excluding hydrogens is 182 g/mol. The molecule has 0 amide bonds. The van der Waals surface area contributed by atoms with Crippen molar-refractivity contribution >= 4 is 0 Å². The maximum absolute atomic E-state index is 4.20. The fraction of sp³-hybridized carbons (Fsp3) is 0.571.